The molecule has 0 heterocycles. The molecule has 0 saturated heterocycles. The zero-order chi connectivity index (χ0) is 23.3. The number of ketones is 1. The summed E-state index contributed by atoms with van der Waals surface area (Å²) < 4.78 is -1.28. The fourth-order valence-corrected chi connectivity index (χ4v) is 5.21. The summed E-state index contributed by atoms with van der Waals surface area (Å²) in [6, 6.07) is 12.2. The number of nitrogens with one attached hydrogen (secondary N) is 1. The van der Waals surface area contributed by atoms with Crippen LogP contribution in [-0.2, 0) is 4.79 Å². The Balaban J connectivity index is 1.50. The normalized spacial score (nSPS) is 21.8. The van der Waals surface area contributed by atoms with E-state index in [1.807, 2.05) is 6.07 Å². The number of alkyl halides is 2. The Morgan fingerprint density at radius 1 is 1.16 bits per heavy atom. The minimum Gasteiger partial charge on any atom is -0.326 e. The van der Waals surface area contributed by atoms with Crippen LogP contribution in [0.5, 0.6) is 0 Å². The molecule has 1 amide bonds. The summed E-state index contributed by atoms with van der Waals surface area (Å²) in [6.45, 7) is 3.70. The van der Waals surface area contributed by atoms with Crippen molar-refractivity contribution in [1.82, 2.24) is 0 Å². The number of hydrogen-bond donors (Lipinski definition) is 1. The van der Waals surface area contributed by atoms with Crippen molar-refractivity contribution in [1.29, 1.82) is 5.26 Å². The first-order chi connectivity index (χ1) is 15.1. The molecule has 1 N–H and O–H groups in total. The molecule has 8 heteroatoms. The maximum Gasteiger partial charge on any atom is 0.231 e. The van der Waals surface area contributed by atoms with Gasteiger partial charge in [-0.1, -0.05) is 48.0 Å². The number of carbonyl (C=O) groups is 2. The van der Waals surface area contributed by atoms with Crippen LogP contribution in [0.2, 0.25) is 10.0 Å². The van der Waals surface area contributed by atoms with Crippen LogP contribution in [-0.4, -0.2) is 16.0 Å². The van der Waals surface area contributed by atoms with Crippen molar-refractivity contribution in [3.8, 4) is 6.07 Å². The van der Waals surface area contributed by atoms with Crippen LogP contribution in [0.4, 0.5) is 5.69 Å². The highest BCUT2D eigenvalue weighted by atomic mass is 35.5. The molecule has 0 bridgehead atoms. The average molecular weight is 508 g/mol. The number of nitriles is 1. The number of amides is 1. The Bertz CT molecular complexity index is 1180. The van der Waals surface area contributed by atoms with E-state index in [1.54, 1.807) is 30.3 Å². The van der Waals surface area contributed by atoms with Gasteiger partial charge in [0, 0.05) is 28.6 Å². The third kappa shape index (κ3) is 4.28. The van der Waals surface area contributed by atoms with Crippen LogP contribution in [0, 0.1) is 22.7 Å². The molecule has 4 nitrogen and oxygen atoms in total. The second-order valence-electron chi connectivity index (χ2n) is 8.29. The predicted octanol–water partition coefficient (Wildman–Crippen LogP) is 7.04. The maximum absolute atomic E-state index is 12.9. The highest BCUT2D eigenvalue weighted by molar-refractivity contribution is 6.53. The molecule has 2 aliphatic rings. The monoisotopic (exact) mass is 506 g/mol. The molecule has 0 aromatic heterocycles. The fraction of sp³-hybridized carbons (Fsp3) is 0.292. The van der Waals surface area contributed by atoms with Crippen molar-refractivity contribution in [2.45, 2.75) is 29.5 Å². The molecule has 2 fully saturated rings. The molecule has 2 aromatic rings. The lowest BCUT2D eigenvalue weighted by atomic mass is 9.96. The summed E-state index contributed by atoms with van der Waals surface area (Å²) in [6.07, 6.45) is 3.16. The maximum atomic E-state index is 12.9. The molecule has 0 spiro atoms. The minimum atomic E-state index is -1.28. The van der Waals surface area contributed by atoms with Gasteiger partial charge in [0.2, 0.25) is 5.91 Å². The highest BCUT2D eigenvalue weighted by Gasteiger charge is 2.67. The van der Waals surface area contributed by atoms with Gasteiger partial charge in [0.25, 0.3) is 0 Å². The van der Waals surface area contributed by atoms with E-state index < -0.39 is 21.6 Å². The standard InChI is InChI=1S/C24H18Cl4N2O2/c1-2-13-3-4-14(9-18(13)26)20-21(24(20,27)28)22(32)30-15-5-6-17(25)16(10-15)19(31)11-23(12-29)7-8-23/h2-6,9-10,20-21H,1,7-8,11H2,(H,30,32). The quantitative estimate of drug-likeness (QED) is 0.322. The summed E-state index contributed by atoms with van der Waals surface area (Å²) in [5.41, 5.74) is 1.62. The molecule has 2 aromatic carbocycles. The van der Waals surface area contributed by atoms with E-state index in [2.05, 4.69) is 18.0 Å². The zero-order valence-electron chi connectivity index (χ0n) is 16.8. The molecule has 2 unspecified atom stereocenters. The smallest absolute Gasteiger partial charge is 0.231 e. The Labute approximate surface area is 206 Å². The SMILES string of the molecule is C=Cc1ccc(C2C(C(=O)Nc3ccc(Cl)c(C(=O)CC4(C#N)CC4)c3)C2(Cl)Cl)cc1Cl. The zero-order valence-corrected chi connectivity index (χ0v) is 19.8. The third-order valence-corrected chi connectivity index (χ3v) is 7.66. The Morgan fingerprint density at radius 3 is 2.47 bits per heavy atom. The van der Waals surface area contributed by atoms with Gasteiger partial charge in [-0.3, -0.25) is 9.59 Å². The summed E-state index contributed by atoms with van der Waals surface area (Å²) in [4.78, 5) is 25.6. The third-order valence-electron chi connectivity index (χ3n) is 6.06. The highest BCUT2D eigenvalue weighted by Crippen LogP contribution is 2.65. The first-order valence-electron chi connectivity index (χ1n) is 9.96. The number of nitrogens with zero attached hydrogens (tertiary/aromatic N) is 1. The first kappa shape index (κ1) is 23.1. The van der Waals surface area contributed by atoms with Crippen LogP contribution in [0.1, 0.15) is 46.7 Å². The summed E-state index contributed by atoms with van der Waals surface area (Å²) in [5, 5.41) is 12.8. The average Bonchev–Trinajstić information content (AvgIpc) is 3.64. The molecular weight excluding hydrogens is 490 g/mol. The second-order valence-corrected chi connectivity index (χ2v) is 10.5. The van der Waals surface area contributed by atoms with E-state index in [1.165, 1.54) is 6.07 Å². The lowest BCUT2D eigenvalue weighted by molar-refractivity contribution is -0.117. The summed E-state index contributed by atoms with van der Waals surface area (Å²) >= 11 is 25.3. The van der Waals surface area contributed by atoms with Crippen molar-refractivity contribution < 1.29 is 9.59 Å². The predicted molar refractivity (Wildman–Crippen MR) is 129 cm³/mol. The van der Waals surface area contributed by atoms with Gasteiger partial charge in [-0.2, -0.15) is 5.26 Å². The van der Waals surface area contributed by atoms with Crippen molar-refractivity contribution in [2.75, 3.05) is 5.32 Å². The van der Waals surface area contributed by atoms with E-state index in [4.69, 9.17) is 46.4 Å². The molecule has 0 aliphatic heterocycles. The van der Waals surface area contributed by atoms with Gasteiger partial charge in [-0.05, 0) is 48.2 Å². The second kappa shape index (κ2) is 8.39. The Hall–Kier alpha value is -2.03. The van der Waals surface area contributed by atoms with Gasteiger partial charge in [-0.25, -0.2) is 0 Å². The number of hydrogen-bond acceptors (Lipinski definition) is 3. The van der Waals surface area contributed by atoms with E-state index in [-0.39, 0.29) is 28.7 Å². The lowest BCUT2D eigenvalue weighted by Crippen LogP contribution is -2.17. The molecule has 0 radical (unpaired) electrons. The minimum absolute atomic E-state index is 0.110. The van der Waals surface area contributed by atoms with Gasteiger partial charge in [0.05, 0.1) is 22.4 Å². The van der Waals surface area contributed by atoms with E-state index in [0.29, 0.717) is 23.6 Å². The van der Waals surface area contributed by atoms with Crippen molar-refractivity contribution >= 4 is 69.9 Å². The summed E-state index contributed by atoms with van der Waals surface area (Å²) in [5.74, 6) is -1.73. The molecule has 2 atom stereocenters. The van der Waals surface area contributed by atoms with Gasteiger partial charge in [0.1, 0.15) is 4.33 Å². The molecule has 164 valence electrons. The molecule has 4 rings (SSSR count). The lowest BCUT2D eigenvalue weighted by Gasteiger charge is -2.10. The largest absolute Gasteiger partial charge is 0.326 e. The number of Topliss-reactive ketones (excluding diaryl/α,β-unsaturated/α-hetero) is 1. The molecule has 2 saturated carbocycles. The van der Waals surface area contributed by atoms with E-state index >= 15 is 0 Å². The van der Waals surface area contributed by atoms with Crippen LogP contribution in [0.15, 0.2) is 43.0 Å². The molecule has 32 heavy (non-hydrogen) atoms. The Kier molecular flexibility index (Phi) is 6.07. The number of halogens is 4. The summed E-state index contributed by atoms with van der Waals surface area (Å²) in [7, 11) is 0. The van der Waals surface area contributed by atoms with Gasteiger partial charge >= 0.3 is 0 Å². The first-order valence-corrected chi connectivity index (χ1v) is 11.5. The van der Waals surface area contributed by atoms with Crippen LogP contribution in [0.25, 0.3) is 6.08 Å². The van der Waals surface area contributed by atoms with Crippen LogP contribution < -0.4 is 5.32 Å². The van der Waals surface area contributed by atoms with Gasteiger partial charge in [-0.15, -0.1) is 23.2 Å². The molecule has 2 aliphatic carbocycles. The number of anilines is 1. The topological polar surface area (TPSA) is 70.0 Å². The Morgan fingerprint density at radius 2 is 1.88 bits per heavy atom. The number of benzene rings is 2. The van der Waals surface area contributed by atoms with Crippen molar-refractivity contribution in [3.63, 3.8) is 0 Å². The van der Waals surface area contributed by atoms with Gasteiger partial charge < -0.3 is 5.32 Å². The fourth-order valence-electron chi connectivity index (χ4n) is 3.89. The van der Waals surface area contributed by atoms with Crippen LogP contribution in [0.3, 0.4) is 0 Å². The van der Waals surface area contributed by atoms with E-state index in [0.717, 1.165) is 11.1 Å². The number of rotatable bonds is 7. The van der Waals surface area contributed by atoms with E-state index in [9.17, 15) is 14.9 Å². The van der Waals surface area contributed by atoms with Crippen molar-refractivity contribution in [3.05, 3.63) is 69.7 Å². The number of carbonyl (C=O) groups excluding carboxylic acids is 2. The van der Waals surface area contributed by atoms with Gasteiger partial charge in [0.15, 0.2) is 5.78 Å². The van der Waals surface area contributed by atoms with Crippen molar-refractivity contribution in [2.24, 2.45) is 11.3 Å². The molecular formula is C24H18Cl4N2O2. The van der Waals surface area contributed by atoms with Crippen LogP contribution >= 0.6 is 46.4 Å².